The average molecular weight is 366 g/mol. The summed E-state index contributed by atoms with van der Waals surface area (Å²) in [5.41, 5.74) is 6.16. The molecule has 2 heterocycles. The van der Waals surface area contributed by atoms with E-state index in [1.54, 1.807) is 12.3 Å². The van der Waals surface area contributed by atoms with E-state index in [4.69, 9.17) is 4.74 Å². The molecule has 27 heavy (non-hydrogen) atoms. The number of non-ortho nitro benzene ring substituents is 1. The molecule has 1 saturated heterocycles. The fraction of sp³-hybridized carbons (Fsp3) is 0.222. The number of nitro benzene ring substituents is 1. The van der Waals surface area contributed by atoms with Crippen molar-refractivity contribution in [1.82, 2.24) is 9.97 Å². The molecule has 1 aromatic heterocycles. The van der Waals surface area contributed by atoms with Gasteiger partial charge in [-0.15, -0.1) is 0 Å². The summed E-state index contributed by atoms with van der Waals surface area (Å²) in [6, 6.07) is 12.4. The number of H-pyrrole nitrogens is 1. The van der Waals surface area contributed by atoms with Crippen LogP contribution in [0.3, 0.4) is 0 Å². The number of nitro groups is 1. The number of aromatic amines is 1. The van der Waals surface area contributed by atoms with Gasteiger partial charge in [0.15, 0.2) is 0 Å². The molecule has 1 fully saturated rings. The van der Waals surface area contributed by atoms with E-state index >= 15 is 0 Å². The standard InChI is InChI=1S/C18H18N6O3/c25-24(26)14-5-6-17(23-7-9-27-10-8-23)13(11-14)12-19-22-18-20-15-3-1-2-4-16(15)21-18/h1-6,11-12H,7-10H2,(H2,20,21,22)/b19-12-. The number of fused-ring (bicyclic) bond motifs is 1. The summed E-state index contributed by atoms with van der Waals surface area (Å²) < 4.78 is 5.38. The monoisotopic (exact) mass is 366 g/mol. The minimum absolute atomic E-state index is 0.0252. The van der Waals surface area contributed by atoms with E-state index in [9.17, 15) is 10.1 Å². The first-order valence-corrected chi connectivity index (χ1v) is 8.56. The first-order valence-electron chi connectivity index (χ1n) is 8.56. The summed E-state index contributed by atoms with van der Waals surface area (Å²) in [6.45, 7) is 2.72. The Kier molecular flexibility index (Phi) is 4.67. The second-order valence-electron chi connectivity index (χ2n) is 6.07. The van der Waals surface area contributed by atoms with Crippen LogP contribution in [-0.2, 0) is 4.74 Å². The predicted molar refractivity (Wildman–Crippen MR) is 103 cm³/mol. The lowest BCUT2D eigenvalue weighted by Gasteiger charge is -2.29. The van der Waals surface area contributed by atoms with Crippen LogP contribution in [0.25, 0.3) is 11.0 Å². The zero-order valence-corrected chi connectivity index (χ0v) is 14.5. The first kappa shape index (κ1) is 17.0. The lowest BCUT2D eigenvalue weighted by molar-refractivity contribution is -0.384. The fourth-order valence-electron chi connectivity index (χ4n) is 3.02. The number of hydrogen-bond donors (Lipinski definition) is 2. The Labute approximate surface area is 154 Å². The second kappa shape index (κ2) is 7.42. The molecule has 0 spiro atoms. The molecule has 0 radical (unpaired) electrons. The molecule has 138 valence electrons. The number of para-hydroxylation sites is 2. The summed E-state index contributed by atoms with van der Waals surface area (Å²) in [6.07, 6.45) is 1.57. The molecule has 1 aliphatic rings. The van der Waals surface area contributed by atoms with Crippen LogP contribution in [-0.4, -0.2) is 47.4 Å². The van der Waals surface area contributed by atoms with Gasteiger partial charge in [-0.3, -0.25) is 10.1 Å². The SMILES string of the molecule is O=[N+]([O-])c1ccc(N2CCOCC2)c(/C=N\Nc2nc3ccccc3[nH]2)c1. The number of nitrogens with one attached hydrogen (secondary N) is 2. The molecule has 0 bridgehead atoms. The number of anilines is 2. The summed E-state index contributed by atoms with van der Waals surface area (Å²) in [7, 11) is 0. The second-order valence-corrected chi connectivity index (χ2v) is 6.07. The highest BCUT2D eigenvalue weighted by molar-refractivity contribution is 5.89. The number of hydrazone groups is 1. The normalized spacial score (nSPS) is 14.7. The van der Waals surface area contributed by atoms with Crippen molar-refractivity contribution in [2.24, 2.45) is 5.10 Å². The highest BCUT2D eigenvalue weighted by Gasteiger charge is 2.17. The van der Waals surface area contributed by atoms with Crippen LogP contribution in [0.1, 0.15) is 5.56 Å². The van der Waals surface area contributed by atoms with E-state index < -0.39 is 4.92 Å². The third-order valence-corrected chi connectivity index (χ3v) is 4.34. The third kappa shape index (κ3) is 3.72. The van der Waals surface area contributed by atoms with E-state index in [1.807, 2.05) is 24.3 Å². The predicted octanol–water partition coefficient (Wildman–Crippen LogP) is 2.75. The van der Waals surface area contributed by atoms with Gasteiger partial charge in [0.05, 0.1) is 35.4 Å². The molecule has 9 nitrogen and oxygen atoms in total. The topological polar surface area (TPSA) is 109 Å². The molecular weight excluding hydrogens is 348 g/mol. The van der Waals surface area contributed by atoms with Crippen LogP contribution in [0.15, 0.2) is 47.6 Å². The highest BCUT2D eigenvalue weighted by atomic mass is 16.6. The van der Waals surface area contributed by atoms with Gasteiger partial charge >= 0.3 is 0 Å². The lowest BCUT2D eigenvalue weighted by Crippen LogP contribution is -2.36. The number of morpholine rings is 1. The molecule has 2 N–H and O–H groups in total. The van der Waals surface area contributed by atoms with Gasteiger partial charge in [-0.25, -0.2) is 10.4 Å². The maximum atomic E-state index is 11.1. The quantitative estimate of drug-likeness (QED) is 0.408. The van der Waals surface area contributed by atoms with Crippen LogP contribution >= 0.6 is 0 Å². The van der Waals surface area contributed by atoms with Crippen molar-refractivity contribution >= 4 is 34.6 Å². The molecule has 3 aromatic rings. The largest absolute Gasteiger partial charge is 0.378 e. The Morgan fingerprint density at radius 1 is 1.26 bits per heavy atom. The Morgan fingerprint density at radius 3 is 2.85 bits per heavy atom. The molecule has 0 amide bonds. The molecule has 1 aliphatic heterocycles. The highest BCUT2D eigenvalue weighted by Crippen LogP contribution is 2.25. The third-order valence-electron chi connectivity index (χ3n) is 4.34. The van der Waals surface area contributed by atoms with Crippen LogP contribution in [0, 0.1) is 10.1 Å². The van der Waals surface area contributed by atoms with Gasteiger partial charge in [0.1, 0.15) is 0 Å². The number of nitrogens with zero attached hydrogens (tertiary/aromatic N) is 4. The molecule has 0 saturated carbocycles. The molecule has 4 rings (SSSR count). The minimum atomic E-state index is -0.410. The molecule has 0 aliphatic carbocycles. The van der Waals surface area contributed by atoms with Crippen LogP contribution in [0.4, 0.5) is 17.3 Å². The van der Waals surface area contributed by atoms with E-state index in [1.165, 1.54) is 12.1 Å². The van der Waals surface area contributed by atoms with Gasteiger partial charge in [0.2, 0.25) is 5.95 Å². The van der Waals surface area contributed by atoms with Crippen molar-refractivity contribution in [3.8, 4) is 0 Å². The van der Waals surface area contributed by atoms with Crippen molar-refractivity contribution < 1.29 is 9.66 Å². The van der Waals surface area contributed by atoms with Crippen LogP contribution < -0.4 is 10.3 Å². The van der Waals surface area contributed by atoms with Crippen molar-refractivity contribution in [3.05, 3.63) is 58.1 Å². The van der Waals surface area contributed by atoms with E-state index in [0.717, 1.165) is 29.8 Å². The van der Waals surface area contributed by atoms with Crippen molar-refractivity contribution in [1.29, 1.82) is 0 Å². The average Bonchev–Trinajstić information content (AvgIpc) is 3.11. The van der Waals surface area contributed by atoms with Gasteiger partial charge in [-0.05, 0) is 18.2 Å². The molecule has 0 atom stereocenters. The van der Waals surface area contributed by atoms with Gasteiger partial charge in [0.25, 0.3) is 5.69 Å². The van der Waals surface area contributed by atoms with Crippen LogP contribution in [0.2, 0.25) is 0 Å². The van der Waals surface area contributed by atoms with Crippen molar-refractivity contribution in [3.63, 3.8) is 0 Å². The zero-order valence-electron chi connectivity index (χ0n) is 14.5. The van der Waals surface area contributed by atoms with Crippen LogP contribution in [0.5, 0.6) is 0 Å². The number of aromatic nitrogens is 2. The van der Waals surface area contributed by atoms with Gasteiger partial charge in [0, 0.05) is 36.5 Å². The van der Waals surface area contributed by atoms with Crippen molar-refractivity contribution in [2.45, 2.75) is 0 Å². The number of hydrogen-bond acceptors (Lipinski definition) is 7. The smallest absolute Gasteiger partial charge is 0.270 e. The Morgan fingerprint density at radius 2 is 2.07 bits per heavy atom. The Bertz CT molecular complexity index is 961. The molecule has 0 unspecified atom stereocenters. The molecular formula is C18H18N6O3. The first-order chi connectivity index (χ1) is 13.2. The zero-order chi connectivity index (χ0) is 18.6. The summed E-state index contributed by atoms with van der Waals surface area (Å²) in [5.74, 6) is 0.505. The van der Waals surface area contributed by atoms with Crippen molar-refractivity contribution in [2.75, 3.05) is 36.6 Å². The van der Waals surface area contributed by atoms with Gasteiger partial charge in [-0.2, -0.15) is 5.10 Å². The number of imidazole rings is 1. The van der Waals surface area contributed by atoms with E-state index in [0.29, 0.717) is 24.7 Å². The number of rotatable bonds is 5. The minimum Gasteiger partial charge on any atom is -0.378 e. The summed E-state index contributed by atoms with van der Waals surface area (Å²) in [4.78, 5) is 20.4. The number of ether oxygens (including phenoxy) is 1. The Balaban J connectivity index is 1.59. The summed E-state index contributed by atoms with van der Waals surface area (Å²) in [5, 5.41) is 15.3. The van der Waals surface area contributed by atoms with E-state index in [-0.39, 0.29) is 5.69 Å². The van der Waals surface area contributed by atoms with E-state index in [2.05, 4.69) is 25.4 Å². The summed E-state index contributed by atoms with van der Waals surface area (Å²) >= 11 is 0. The number of benzene rings is 2. The van der Waals surface area contributed by atoms with Gasteiger partial charge < -0.3 is 14.6 Å². The maximum Gasteiger partial charge on any atom is 0.270 e. The molecule has 9 heteroatoms. The fourth-order valence-corrected chi connectivity index (χ4v) is 3.02. The Hall–Kier alpha value is -3.46. The molecule has 2 aromatic carbocycles. The lowest BCUT2D eigenvalue weighted by atomic mass is 10.1. The van der Waals surface area contributed by atoms with Gasteiger partial charge in [-0.1, -0.05) is 12.1 Å². The maximum absolute atomic E-state index is 11.1.